The first-order valence-corrected chi connectivity index (χ1v) is 4.78. The summed E-state index contributed by atoms with van der Waals surface area (Å²) in [5.41, 5.74) is 5.13. The second kappa shape index (κ2) is 3.90. The lowest BCUT2D eigenvalue weighted by atomic mass is 10.5. The second-order valence-corrected chi connectivity index (χ2v) is 4.68. The molecule has 0 fully saturated rings. The number of aliphatic hydroxyl groups is 1. The average Bonchev–Trinajstić information content (AvgIpc) is 1.86. The van der Waals surface area contributed by atoms with Gasteiger partial charge in [0.1, 0.15) is 0 Å². The Balaban J connectivity index is 4.12. The summed E-state index contributed by atoms with van der Waals surface area (Å²) in [5, 5.41) is 7.78. The van der Waals surface area contributed by atoms with E-state index >= 15 is 0 Å². The number of nitrogens with two attached hydrogens (primary N) is 1. The van der Waals surface area contributed by atoms with Crippen LogP contribution in [-0.2, 0) is 9.84 Å². The second-order valence-electron chi connectivity index (χ2n) is 2.14. The molecule has 0 saturated carbocycles. The lowest BCUT2D eigenvalue weighted by molar-refractivity contribution is 0.319. The van der Waals surface area contributed by atoms with Crippen LogP contribution in [0.5, 0.6) is 0 Å². The number of aliphatic hydroxyl groups excluding tert-OH is 1. The molecule has 0 aromatic carbocycles. The van der Waals surface area contributed by atoms with Crippen molar-refractivity contribution in [3.05, 3.63) is 0 Å². The van der Waals surface area contributed by atoms with Crippen LogP contribution in [0.4, 0.5) is 0 Å². The van der Waals surface area contributed by atoms with Crippen molar-refractivity contribution in [3.8, 4) is 0 Å². The van der Waals surface area contributed by atoms with E-state index in [1.54, 1.807) is 0 Å². The van der Waals surface area contributed by atoms with Crippen LogP contribution < -0.4 is 5.73 Å². The minimum Gasteiger partial charge on any atom is -0.395 e. The first-order valence-electron chi connectivity index (χ1n) is 3.07. The smallest absolute Gasteiger partial charge is 0.156 e. The summed E-state index contributed by atoms with van der Waals surface area (Å²) in [6.07, 6.45) is 0. The molecule has 1 atom stereocenters. The van der Waals surface area contributed by atoms with Gasteiger partial charge in [-0.15, -0.1) is 0 Å². The molecule has 0 heterocycles. The summed E-state index contributed by atoms with van der Waals surface area (Å²) in [6, 6.07) is 0. The maximum Gasteiger partial charge on any atom is 0.156 e. The first-order chi connectivity index (χ1) is 4.54. The Morgan fingerprint density at radius 2 is 2.10 bits per heavy atom. The van der Waals surface area contributed by atoms with Crippen LogP contribution >= 0.6 is 0 Å². The van der Waals surface area contributed by atoms with Crippen molar-refractivity contribution in [2.75, 3.05) is 18.9 Å². The molecule has 3 N–H and O–H groups in total. The highest BCUT2D eigenvalue weighted by Gasteiger charge is 2.17. The van der Waals surface area contributed by atoms with Crippen LogP contribution in [0.25, 0.3) is 0 Å². The monoisotopic (exact) mass is 167 g/mol. The topological polar surface area (TPSA) is 80.4 Å². The molecule has 0 aliphatic heterocycles. The van der Waals surface area contributed by atoms with Crippen molar-refractivity contribution in [3.63, 3.8) is 0 Å². The summed E-state index contributed by atoms with van der Waals surface area (Å²) in [7, 11) is -3.14. The van der Waals surface area contributed by atoms with Gasteiger partial charge in [-0.25, -0.2) is 8.42 Å². The van der Waals surface area contributed by atoms with Crippen LogP contribution in [0.15, 0.2) is 0 Å². The predicted molar refractivity (Wildman–Crippen MR) is 39.4 cm³/mol. The fourth-order valence-electron chi connectivity index (χ4n) is 0.475. The molecule has 0 rings (SSSR count). The minimum absolute atomic E-state index is 0.113. The Hall–Kier alpha value is -0.130. The molecule has 0 aliphatic rings. The van der Waals surface area contributed by atoms with Gasteiger partial charge in [0.2, 0.25) is 0 Å². The van der Waals surface area contributed by atoms with Gasteiger partial charge in [-0.05, 0) is 6.92 Å². The Labute approximate surface area is 61.0 Å². The molecule has 5 heteroatoms. The fourth-order valence-corrected chi connectivity index (χ4v) is 1.43. The largest absolute Gasteiger partial charge is 0.395 e. The average molecular weight is 167 g/mol. The number of hydrogen-bond donors (Lipinski definition) is 2. The molecule has 0 aromatic rings. The number of rotatable bonds is 4. The van der Waals surface area contributed by atoms with Gasteiger partial charge in [-0.3, -0.25) is 0 Å². The molecule has 0 spiro atoms. The SMILES string of the molecule is CC(CN)S(=O)(=O)CCO. The third-order valence-electron chi connectivity index (χ3n) is 1.32. The first kappa shape index (κ1) is 9.87. The summed E-state index contributed by atoms with van der Waals surface area (Å²) in [5.74, 6) is -0.189. The van der Waals surface area contributed by atoms with Crippen molar-refractivity contribution >= 4 is 9.84 Å². The van der Waals surface area contributed by atoms with E-state index in [1.165, 1.54) is 6.92 Å². The van der Waals surface area contributed by atoms with E-state index in [9.17, 15) is 8.42 Å². The van der Waals surface area contributed by atoms with Crippen molar-refractivity contribution in [1.82, 2.24) is 0 Å². The zero-order chi connectivity index (χ0) is 8.20. The molecule has 1 unspecified atom stereocenters. The molecule has 10 heavy (non-hydrogen) atoms. The molecular weight excluding hydrogens is 154 g/mol. The highest BCUT2D eigenvalue weighted by molar-refractivity contribution is 7.92. The van der Waals surface area contributed by atoms with Gasteiger partial charge >= 0.3 is 0 Å². The molecule has 0 amide bonds. The van der Waals surface area contributed by atoms with E-state index in [0.717, 1.165) is 0 Å². The van der Waals surface area contributed by atoms with Crippen molar-refractivity contribution < 1.29 is 13.5 Å². The molecule has 0 bridgehead atoms. The van der Waals surface area contributed by atoms with Crippen molar-refractivity contribution in [1.29, 1.82) is 0 Å². The van der Waals surface area contributed by atoms with Crippen LogP contribution in [-0.4, -0.2) is 37.7 Å². The maximum absolute atomic E-state index is 10.9. The highest BCUT2D eigenvalue weighted by Crippen LogP contribution is 1.98. The third kappa shape index (κ3) is 2.64. The molecule has 0 aliphatic carbocycles. The Kier molecular flexibility index (Phi) is 3.85. The van der Waals surface area contributed by atoms with E-state index in [-0.39, 0.29) is 18.9 Å². The standard InChI is InChI=1S/C5H13NO3S/c1-5(4-6)10(8,9)3-2-7/h5,7H,2-4,6H2,1H3. The predicted octanol–water partition coefficient (Wildman–Crippen LogP) is -1.26. The van der Waals surface area contributed by atoms with Crippen LogP contribution in [0, 0.1) is 0 Å². The zero-order valence-electron chi connectivity index (χ0n) is 5.95. The van der Waals surface area contributed by atoms with Gasteiger partial charge in [0, 0.05) is 6.54 Å². The lowest BCUT2D eigenvalue weighted by Gasteiger charge is -2.07. The van der Waals surface area contributed by atoms with E-state index in [4.69, 9.17) is 10.8 Å². The van der Waals surface area contributed by atoms with Gasteiger partial charge in [0.25, 0.3) is 0 Å². The summed E-state index contributed by atoms with van der Waals surface area (Å²) < 4.78 is 21.8. The zero-order valence-corrected chi connectivity index (χ0v) is 6.76. The van der Waals surface area contributed by atoms with Crippen molar-refractivity contribution in [2.45, 2.75) is 12.2 Å². The van der Waals surface area contributed by atoms with E-state index in [1.807, 2.05) is 0 Å². The highest BCUT2D eigenvalue weighted by atomic mass is 32.2. The van der Waals surface area contributed by atoms with E-state index in [2.05, 4.69) is 0 Å². The summed E-state index contributed by atoms with van der Waals surface area (Å²) >= 11 is 0. The summed E-state index contributed by atoms with van der Waals surface area (Å²) in [4.78, 5) is 0. The molecule has 62 valence electrons. The van der Waals surface area contributed by atoms with Gasteiger partial charge < -0.3 is 10.8 Å². The van der Waals surface area contributed by atoms with Gasteiger partial charge in [-0.1, -0.05) is 0 Å². The van der Waals surface area contributed by atoms with Crippen LogP contribution in [0.3, 0.4) is 0 Å². The fraction of sp³-hybridized carbons (Fsp3) is 1.00. The third-order valence-corrected chi connectivity index (χ3v) is 3.49. The van der Waals surface area contributed by atoms with E-state index < -0.39 is 15.1 Å². The Morgan fingerprint density at radius 1 is 1.60 bits per heavy atom. The minimum atomic E-state index is -3.14. The van der Waals surface area contributed by atoms with Gasteiger partial charge in [0.05, 0.1) is 17.6 Å². The molecular formula is C5H13NO3S. The van der Waals surface area contributed by atoms with Gasteiger partial charge in [0.15, 0.2) is 9.84 Å². The normalized spacial score (nSPS) is 15.1. The Morgan fingerprint density at radius 3 is 2.40 bits per heavy atom. The molecule has 4 nitrogen and oxygen atoms in total. The molecule has 0 radical (unpaired) electrons. The lowest BCUT2D eigenvalue weighted by Crippen LogP contribution is -2.29. The number of sulfone groups is 1. The molecule has 0 saturated heterocycles. The summed E-state index contributed by atoms with van der Waals surface area (Å²) in [6.45, 7) is 1.32. The number of hydrogen-bond acceptors (Lipinski definition) is 4. The maximum atomic E-state index is 10.9. The van der Waals surface area contributed by atoms with Crippen LogP contribution in [0.2, 0.25) is 0 Å². The van der Waals surface area contributed by atoms with Crippen molar-refractivity contribution in [2.24, 2.45) is 5.73 Å². The quantitative estimate of drug-likeness (QED) is 0.547. The molecule has 0 aromatic heterocycles. The van der Waals surface area contributed by atoms with Gasteiger partial charge in [-0.2, -0.15) is 0 Å². The van der Waals surface area contributed by atoms with E-state index in [0.29, 0.717) is 0 Å². The Bertz CT molecular complexity index is 175. The van der Waals surface area contributed by atoms with Crippen LogP contribution in [0.1, 0.15) is 6.92 Å².